The average Bonchev–Trinajstić information content (AvgIpc) is 3.15. The SMILES string of the molecule is CC(C)C(=CCC(C)C1CCC2C3=CCC4CC(N(C)C)CCC4(C)C3CCC21C)CCN(C)C. The van der Waals surface area contributed by atoms with Gasteiger partial charge in [0.15, 0.2) is 0 Å². The quantitative estimate of drug-likeness (QED) is 0.323. The maximum atomic E-state index is 2.79. The second-order valence-corrected chi connectivity index (χ2v) is 14.6. The van der Waals surface area contributed by atoms with Crippen molar-refractivity contribution in [1.82, 2.24) is 9.80 Å². The first kappa shape index (κ1) is 27.4. The zero-order valence-electron chi connectivity index (χ0n) is 24.9. The molecule has 0 heterocycles. The van der Waals surface area contributed by atoms with Gasteiger partial charge in [-0.25, -0.2) is 0 Å². The molecule has 0 aromatic carbocycles. The van der Waals surface area contributed by atoms with Crippen molar-refractivity contribution in [1.29, 1.82) is 0 Å². The highest BCUT2D eigenvalue weighted by atomic mass is 15.1. The van der Waals surface area contributed by atoms with E-state index in [1.807, 2.05) is 5.57 Å². The Hall–Kier alpha value is -0.600. The summed E-state index contributed by atoms with van der Waals surface area (Å²) in [4.78, 5) is 4.83. The Morgan fingerprint density at radius 1 is 0.971 bits per heavy atom. The fraction of sp³-hybridized carbons (Fsp3) is 0.879. The van der Waals surface area contributed by atoms with Crippen LogP contribution in [0.25, 0.3) is 0 Å². The van der Waals surface area contributed by atoms with Gasteiger partial charge in [0, 0.05) is 12.6 Å². The van der Waals surface area contributed by atoms with Gasteiger partial charge in [-0.2, -0.15) is 0 Å². The molecule has 4 aliphatic rings. The number of hydrogen-bond donors (Lipinski definition) is 0. The summed E-state index contributed by atoms with van der Waals surface area (Å²) in [6.07, 6.45) is 19.4. The lowest BCUT2D eigenvalue weighted by Crippen LogP contribution is -2.51. The molecule has 0 aromatic rings. The van der Waals surface area contributed by atoms with Crippen molar-refractivity contribution in [2.24, 2.45) is 46.3 Å². The first-order chi connectivity index (χ1) is 16.5. The van der Waals surface area contributed by atoms with E-state index >= 15 is 0 Å². The highest BCUT2D eigenvalue weighted by Crippen LogP contribution is 2.67. The summed E-state index contributed by atoms with van der Waals surface area (Å²) in [5, 5.41) is 0. The van der Waals surface area contributed by atoms with Crippen molar-refractivity contribution in [2.75, 3.05) is 34.7 Å². The van der Waals surface area contributed by atoms with Crippen molar-refractivity contribution in [3.8, 4) is 0 Å². The smallest absolute Gasteiger partial charge is 0.00923 e. The molecule has 0 amide bonds. The highest BCUT2D eigenvalue weighted by Gasteiger charge is 2.58. The fourth-order valence-electron chi connectivity index (χ4n) is 9.41. The minimum Gasteiger partial charge on any atom is -0.309 e. The summed E-state index contributed by atoms with van der Waals surface area (Å²) in [7, 11) is 9.00. The van der Waals surface area contributed by atoms with Gasteiger partial charge in [0.25, 0.3) is 0 Å². The summed E-state index contributed by atoms with van der Waals surface area (Å²) in [6.45, 7) is 13.9. The lowest BCUT2D eigenvalue weighted by atomic mass is 9.47. The maximum Gasteiger partial charge on any atom is 0.00923 e. The van der Waals surface area contributed by atoms with Crippen LogP contribution in [0, 0.1) is 46.3 Å². The third kappa shape index (κ3) is 5.22. The van der Waals surface area contributed by atoms with Crippen LogP contribution in [0.2, 0.25) is 0 Å². The van der Waals surface area contributed by atoms with Crippen LogP contribution in [0.5, 0.6) is 0 Å². The molecule has 3 saturated carbocycles. The molecule has 4 aliphatic carbocycles. The van der Waals surface area contributed by atoms with Crippen molar-refractivity contribution >= 4 is 0 Å². The van der Waals surface area contributed by atoms with E-state index in [-0.39, 0.29) is 0 Å². The van der Waals surface area contributed by atoms with E-state index in [0.717, 1.165) is 35.6 Å². The van der Waals surface area contributed by atoms with Gasteiger partial charge in [0.1, 0.15) is 0 Å². The van der Waals surface area contributed by atoms with Gasteiger partial charge in [0.05, 0.1) is 0 Å². The zero-order chi connectivity index (χ0) is 25.5. The normalized spacial score (nSPS) is 40.5. The predicted octanol–water partition coefficient (Wildman–Crippen LogP) is 8.06. The number of allylic oxidation sites excluding steroid dienone is 3. The molecule has 8 atom stereocenters. The Bertz CT molecular complexity index is 791. The molecule has 0 spiro atoms. The number of fused-ring (bicyclic) bond motifs is 5. The molecule has 0 radical (unpaired) electrons. The van der Waals surface area contributed by atoms with E-state index in [9.17, 15) is 0 Å². The molecule has 8 unspecified atom stereocenters. The first-order valence-corrected chi connectivity index (χ1v) is 15.2. The number of nitrogens with zero attached hydrogens (tertiary/aromatic N) is 2. The van der Waals surface area contributed by atoms with Gasteiger partial charge < -0.3 is 9.80 Å². The molecule has 2 heteroatoms. The summed E-state index contributed by atoms with van der Waals surface area (Å²) < 4.78 is 0. The van der Waals surface area contributed by atoms with Crippen molar-refractivity contribution in [3.05, 3.63) is 23.3 Å². The minimum absolute atomic E-state index is 0.529. The van der Waals surface area contributed by atoms with Gasteiger partial charge in [0.2, 0.25) is 0 Å². The first-order valence-electron chi connectivity index (χ1n) is 15.2. The maximum absolute atomic E-state index is 2.79. The highest BCUT2D eigenvalue weighted by molar-refractivity contribution is 5.28. The number of rotatable bonds is 8. The van der Waals surface area contributed by atoms with Crippen LogP contribution in [-0.2, 0) is 0 Å². The van der Waals surface area contributed by atoms with Crippen LogP contribution < -0.4 is 0 Å². The summed E-state index contributed by atoms with van der Waals surface area (Å²) in [5.41, 5.74) is 4.70. The van der Waals surface area contributed by atoms with Crippen LogP contribution in [0.1, 0.15) is 98.8 Å². The lowest BCUT2D eigenvalue weighted by molar-refractivity contribution is -0.0249. The molecule has 0 saturated heterocycles. The molecule has 2 nitrogen and oxygen atoms in total. The van der Waals surface area contributed by atoms with Crippen LogP contribution in [0.15, 0.2) is 23.3 Å². The largest absolute Gasteiger partial charge is 0.309 e. The second-order valence-electron chi connectivity index (χ2n) is 14.6. The van der Waals surface area contributed by atoms with Crippen LogP contribution in [0.3, 0.4) is 0 Å². The second kappa shape index (κ2) is 10.6. The molecule has 4 rings (SSSR count). The van der Waals surface area contributed by atoms with Crippen molar-refractivity contribution in [3.63, 3.8) is 0 Å². The van der Waals surface area contributed by atoms with E-state index in [4.69, 9.17) is 0 Å². The van der Waals surface area contributed by atoms with Crippen LogP contribution in [0.4, 0.5) is 0 Å². The standard InChI is InChI=1S/C33H58N2/c1-23(2)25(18-21-34(6)7)11-10-24(3)29-14-15-30-28-13-12-26-22-27(35(8)9)16-19-32(26,4)31(28)17-20-33(29,30)5/h11,13,23-24,26-27,29-31H,10,12,14-22H2,1-9H3. The Morgan fingerprint density at radius 2 is 1.66 bits per heavy atom. The summed E-state index contributed by atoms with van der Waals surface area (Å²) >= 11 is 0. The molecule has 0 N–H and O–H groups in total. The van der Waals surface area contributed by atoms with E-state index in [0.29, 0.717) is 16.7 Å². The molecular weight excluding hydrogens is 424 g/mol. The fourth-order valence-corrected chi connectivity index (χ4v) is 9.41. The molecule has 0 aromatic heterocycles. The summed E-state index contributed by atoms with van der Waals surface area (Å²) in [6, 6.07) is 0.801. The van der Waals surface area contributed by atoms with E-state index < -0.39 is 0 Å². The van der Waals surface area contributed by atoms with E-state index in [1.54, 1.807) is 5.57 Å². The van der Waals surface area contributed by atoms with Gasteiger partial charge in [-0.3, -0.25) is 0 Å². The van der Waals surface area contributed by atoms with E-state index in [1.165, 1.54) is 70.8 Å². The Labute approximate surface area is 219 Å². The molecule has 35 heavy (non-hydrogen) atoms. The molecular formula is C33H58N2. The topological polar surface area (TPSA) is 6.48 Å². The zero-order valence-corrected chi connectivity index (χ0v) is 24.9. The average molecular weight is 483 g/mol. The Morgan fingerprint density at radius 3 is 2.31 bits per heavy atom. The van der Waals surface area contributed by atoms with Gasteiger partial charge in [-0.15, -0.1) is 0 Å². The van der Waals surface area contributed by atoms with Gasteiger partial charge in [-0.1, -0.05) is 57.9 Å². The monoisotopic (exact) mass is 482 g/mol. The molecule has 3 fully saturated rings. The van der Waals surface area contributed by atoms with Gasteiger partial charge in [-0.05, 0) is 139 Å². The minimum atomic E-state index is 0.529. The third-order valence-electron chi connectivity index (χ3n) is 11.9. The van der Waals surface area contributed by atoms with Crippen molar-refractivity contribution in [2.45, 2.75) is 105 Å². The Balaban J connectivity index is 1.47. The number of hydrogen-bond acceptors (Lipinski definition) is 2. The van der Waals surface area contributed by atoms with Crippen LogP contribution in [-0.4, -0.2) is 50.6 Å². The molecule has 200 valence electrons. The van der Waals surface area contributed by atoms with E-state index in [2.05, 4.69) is 84.8 Å². The van der Waals surface area contributed by atoms with Gasteiger partial charge >= 0.3 is 0 Å². The predicted molar refractivity (Wildman–Crippen MR) is 153 cm³/mol. The third-order valence-corrected chi connectivity index (χ3v) is 11.9. The summed E-state index contributed by atoms with van der Waals surface area (Å²) in [5.74, 6) is 5.00. The van der Waals surface area contributed by atoms with Crippen molar-refractivity contribution < 1.29 is 0 Å². The molecule has 0 bridgehead atoms. The lowest BCUT2D eigenvalue weighted by Gasteiger charge is -2.58. The van der Waals surface area contributed by atoms with Crippen LogP contribution >= 0.6 is 0 Å². The Kier molecular flexibility index (Phi) is 8.34. The molecule has 0 aliphatic heterocycles.